The Balaban J connectivity index is 2.16. The molecule has 18 heavy (non-hydrogen) atoms. The fourth-order valence-electron chi connectivity index (χ4n) is 1.60. The number of anilines is 1. The second-order valence-electron chi connectivity index (χ2n) is 5.17. The number of hydrogen-bond donors (Lipinski definition) is 1. The van der Waals surface area contributed by atoms with Crippen molar-refractivity contribution in [3.05, 3.63) is 17.6 Å². The highest BCUT2D eigenvalue weighted by Crippen LogP contribution is 2.39. The Labute approximate surface area is 107 Å². The molecule has 1 saturated carbocycles. The van der Waals surface area contributed by atoms with Gasteiger partial charge in [0.2, 0.25) is 0 Å². The molecule has 5 heteroatoms. The maximum Gasteiger partial charge on any atom is 0.257 e. The highest BCUT2D eigenvalue weighted by molar-refractivity contribution is 5.96. The van der Waals surface area contributed by atoms with Crippen molar-refractivity contribution in [1.82, 2.24) is 9.97 Å². The highest BCUT2D eigenvalue weighted by atomic mass is 16.5. The Morgan fingerprint density at radius 2 is 2.11 bits per heavy atom. The van der Waals surface area contributed by atoms with Crippen LogP contribution < -0.4 is 5.32 Å². The number of carbonyl (C=O) groups excluding carboxylic acids is 1. The third-order valence-electron chi connectivity index (χ3n) is 3.15. The summed E-state index contributed by atoms with van der Waals surface area (Å²) >= 11 is 0. The molecule has 0 unspecified atom stereocenters. The van der Waals surface area contributed by atoms with Crippen LogP contribution in [0.5, 0.6) is 0 Å². The molecule has 0 radical (unpaired) electrons. The van der Waals surface area contributed by atoms with Crippen molar-refractivity contribution < 1.29 is 9.53 Å². The van der Waals surface area contributed by atoms with Gasteiger partial charge in [-0.15, -0.1) is 0 Å². The zero-order valence-corrected chi connectivity index (χ0v) is 11.3. The lowest BCUT2D eigenvalue weighted by Gasteiger charge is -2.21. The van der Waals surface area contributed by atoms with E-state index in [0.717, 1.165) is 5.69 Å². The third kappa shape index (κ3) is 2.85. The zero-order valence-electron chi connectivity index (χ0n) is 11.3. The van der Waals surface area contributed by atoms with Crippen LogP contribution in [0.25, 0.3) is 0 Å². The second-order valence-corrected chi connectivity index (χ2v) is 5.17. The van der Waals surface area contributed by atoms with Crippen LogP contribution in [-0.2, 0) is 9.53 Å². The molecule has 0 aliphatic heterocycles. The van der Waals surface area contributed by atoms with Gasteiger partial charge < -0.3 is 10.1 Å². The Hall–Kier alpha value is -1.49. The van der Waals surface area contributed by atoms with Crippen LogP contribution in [0.15, 0.2) is 6.07 Å². The minimum atomic E-state index is -0.863. The van der Waals surface area contributed by atoms with Crippen LogP contribution in [-0.4, -0.2) is 28.6 Å². The van der Waals surface area contributed by atoms with Gasteiger partial charge in [-0.2, -0.15) is 0 Å². The summed E-state index contributed by atoms with van der Waals surface area (Å²) in [5.41, 5.74) is 0.159. The van der Waals surface area contributed by atoms with Crippen molar-refractivity contribution in [2.45, 2.75) is 45.1 Å². The molecule has 1 aromatic heterocycles. The maximum atomic E-state index is 12.0. The number of aryl methyl sites for hydroxylation is 1. The van der Waals surface area contributed by atoms with Gasteiger partial charge in [-0.05, 0) is 33.6 Å². The van der Waals surface area contributed by atoms with Crippen molar-refractivity contribution >= 4 is 11.7 Å². The Morgan fingerprint density at radius 1 is 1.44 bits per heavy atom. The molecule has 5 nitrogen and oxygen atoms in total. The van der Waals surface area contributed by atoms with Crippen LogP contribution in [0.3, 0.4) is 0 Å². The lowest BCUT2D eigenvalue weighted by molar-refractivity contribution is -0.133. The summed E-state index contributed by atoms with van der Waals surface area (Å²) in [7, 11) is 1.51. The van der Waals surface area contributed by atoms with E-state index in [2.05, 4.69) is 15.3 Å². The van der Waals surface area contributed by atoms with Gasteiger partial charge in [0.25, 0.3) is 5.91 Å². The van der Waals surface area contributed by atoms with Crippen molar-refractivity contribution in [2.24, 2.45) is 0 Å². The van der Waals surface area contributed by atoms with Gasteiger partial charge in [0, 0.05) is 24.8 Å². The average molecular weight is 249 g/mol. The summed E-state index contributed by atoms with van der Waals surface area (Å²) in [6.45, 7) is 5.28. The van der Waals surface area contributed by atoms with E-state index in [0.29, 0.717) is 17.6 Å². The predicted octanol–water partition coefficient (Wildman–Crippen LogP) is 2.03. The molecular formula is C13H19N3O2. The fraction of sp³-hybridized carbons (Fsp3) is 0.615. The van der Waals surface area contributed by atoms with Crippen molar-refractivity contribution in [3.8, 4) is 0 Å². The molecule has 98 valence electrons. The first kappa shape index (κ1) is 13.0. The smallest absolute Gasteiger partial charge is 0.257 e. The molecule has 0 atom stereocenters. The van der Waals surface area contributed by atoms with Crippen molar-refractivity contribution in [2.75, 3.05) is 12.4 Å². The molecular weight excluding hydrogens is 230 g/mol. The molecule has 0 saturated heterocycles. The first-order valence-corrected chi connectivity index (χ1v) is 6.14. The molecule has 0 aromatic carbocycles. The standard InChI is InChI=1S/C13H19N3O2/c1-8-14-10(9-5-6-9)7-11(15-8)16-12(17)13(2,3)18-4/h7,9H,5-6H2,1-4H3,(H,14,15,16,17). The first-order valence-electron chi connectivity index (χ1n) is 6.14. The number of nitrogens with zero attached hydrogens (tertiary/aromatic N) is 2. The van der Waals surface area contributed by atoms with E-state index in [1.54, 1.807) is 13.8 Å². The monoisotopic (exact) mass is 249 g/mol. The zero-order chi connectivity index (χ0) is 13.3. The Kier molecular flexibility index (Phi) is 3.34. The summed E-state index contributed by atoms with van der Waals surface area (Å²) in [6.07, 6.45) is 2.35. The van der Waals surface area contributed by atoms with Gasteiger partial charge in [-0.1, -0.05) is 0 Å². The number of methoxy groups -OCH3 is 1. The van der Waals surface area contributed by atoms with Gasteiger partial charge in [0.15, 0.2) is 0 Å². The summed E-state index contributed by atoms with van der Waals surface area (Å²) in [5, 5.41) is 2.78. The van der Waals surface area contributed by atoms with Crippen LogP contribution in [0.1, 0.15) is 44.1 Å². The minimum Gasteiger partial charge on any atom is -0.369 e. The van der Waals surface area contributed by atoms with Gasteiger partial charge in [-0.25, -0.2) is 9.97 Å². The summed E-state index contributed by atoms with van der Waals surface area (Å²) in [4.78, 5) is 20.6. The van der Waals surface area contributed by atoms with E-state index in [1.807, 2.05) is 13.0 Å². The molecule has 1 aliphatic carbocycles. The number of ether oxygens (including phenoxy) is 1. The molecule has 2 rings (SSSR count). The van der Waals surface area contributed by atoms with E-state index >= 15 is 0 Å². The van der Waals surface area contributed by atoms with Crippen LogP contribution in [0.2, 0.25) is 0 Å². The Bertz CT molecular complexity index is 467. The average Bonchev–Trinajstić information content (AvgIpc) is 3.11. The molecule has 1 N–H and O–H groups in total. The van der Waals surface area contributed by atoms with Gasteiger partial charge >= 0.3 is 0 Å². The van der Waals surface area contributed by atoms with Crippen molar-refractivity contribution in [3.63, 3.8) is 0 Å². The SMILES string of the molecule is COC(C)(C)C(=O)Nc1cc(C2CC2)nc(C)n1. The van der Waals surface area contributed by atoms with E-state index in [1.165, 1.54) is 20.0 Å². The molecule has 0 bridgehead atoms. The van der Waals surface area contributed by atoms with Crippen LogP contribution >= 0.6 is 0 Å². The van der Waals surface area contributed by atoms with Gasteiger partial charge in [0.05, 0.1) is 0 Å². The highest BCUT2D eigenvalue weighted by Gasteiger charge is 2.29. The lowest BCUT2D eigenvalue weighted by Crippen LogP contribution is -2.39. The number of hydrogen-bond acceptors (Lipinski definition) is 4. The topological polar surface area (TPSA) is 64.1 Å². The molecule has 1 aromatic rings. The summed E-state index contributed by atoms with van der Waals surface area (Å²) < 4.78 is 5.14. The predicted molar refractivity (Wildman–Crippen MR) is 68.5 cm³/mol. The van der Waals surface area contributed by atoms with E-state index in [-0.39, 0.29) is 5.91 Å². The third-order valence-corrected chi connectivity index (χ3v) is 3.15. The Morgan fingerprint density at radius 3 is 2.67 bits per heavy atom. The van der Waals surface area contributed by atoms with Crippen LogP contribution in [0, 0.1) is 6.92 Å². The number of nitrogens with one attached hydrogen (secondary N) is 1. The number of rotatable bonds is 4. The molecule has 0 spiro atoms. The quantitative estimate of drug-likeness (QED) is 0.886. The van der Waals surface area contributed by atoms with Crippen LogP contribution in [0.4, 0.5) is 5.82 Å². The number of amides is 1. The van der Waals surface area contributed by atoms with Gasteiger partial charge in [0.1, 0.15) is 17.2 Å². The minimum absolute atomic E-state index is 0.204. The summed E-state index contributed by atoms with van der Waals surface area (Å²) in [5.74, 6) is 1.58. The largest absolute Gasteiger partial charge is 0.369 e. The van der Waals surface area contributed by atoms with E-state index in [9.17, 15) is 4.79 Å². The molecule has 1 fully saturated rings. The van der Waals surface area contributed by atoms with Gasteiger partial charge in [-0.3, -0.25) is 4.79 Å². The van der Waals surface area contributed by atoms with E-state index in [4.69, 9.17) is 4.74 Å². The van der Waals surface area contributed by atoms with Crippen molar-refractivity contribution in [1.29, 1.82) is 0 Å². The number of carbonyl (C=O) groups is 1. The van der Waals surface area contributed by atoms with E-state index < -0.39 is 5.60 Å². The molecule has 1 heterocycles. The lowest BCUT2D eigenvalue weighted by atomic mass is 10.1. The molecule has 1 amide bonds. The normalized spacial score (nSPS) is 15.6. The number of aromatic nitrogens is 2. The molecule has 1 aliphatic rings. The maximum absolute atomic E-state index is 12.0. The fourth-order valence-corrected chi connectivity index (χ4v) is 1.60. The second kappa shape index (κ2) is 4.65. The summed E-state index contributed by atoms with van der Waals surface area (Å²) in [6, 6.07) is 1.86. The first-order chi connectivity index (χ1) is 8.42.